The Morgan fingerprint density at radius 2 is 1.75 bits per heavy atom. The summed E-state index contributed by atoms with van der Waals surface area (Å²) in [6.07, 6.45) is 0.649. The van der Waals surface area contributed by atoms with Crippen molar-refractivity contribution in [2.75, 3.05) is 23.7 Å². The molecule has 190 valence electrons. The summed E-state index contributed by atoms with van der Waals surface area (Å²) in [5.74, 6) is 0.156. The van der Waals surface area contributed by atoms with E-state index in [2.05, 4.69) is 31.4 Å². The summed E-state index contributed by atoms with van der Waals surface area (Å²) in [6, 6.07) is 14.7. The number of carbonyl (C=O) groups is 2. The molecule has 0 bridgehead atoms. The van der Waals surface area contributed by atoms with Crippen LogP contribution in [0.1, 0.15) is 45.4 Å². The van der Waals surface area contributed by atoms with Crippen molar-refractivity contribution in [1.82, 2.24) is 14.7 Å². The molecule has 0 saturated carbocycles. The molecule has 2 aromatic carbocycles. The number of nitrogens with one attached hydrogen (secondary N) is 2. The molecule has 3 aromatic rings. The Labute approximate surface area is 210 Å². The van der Waals surface area contributed by atoms with E-state index in [1.54, 1.807) is 4.68 Å². The van der Waals surface area contributed by atoms with Crippen molar-refractivity contribution < 1.29 is 14.5 Å². The number of hydrogen-bond acceptors (Lipinski definition) is 5. The molecular formula is C26H32N6O4. The van der Waals surface area contributed by atoms with E-state index in [9.17, 15) is 19.7 Å². The van der Waals surface area contributed by atoms with E-state index < -0.39 is 11.0 Å². The monoisotopic (exact) mass is 492 g/mol. The molecule has 0 aliphatic carbocycles. The molecule has 3 amide bonds. The first-order valence-electron chi connectivity index (χ1n) is 11.8. The first-order valence-corrected chi connectivity index (χ1v) is 11.8. The lowest BCUT2D eigenvalue weighted by atomic mass is 9.92. The number of aryl methyl sites for hydroxylation is 1. The fraction of sp³-hybridized carbons (Fsp3) is 0.346. The summed E-state index contributed by atoms with van der Waals surface area (Å²) in [5.41, 5.74) is 2.78. The minimum absolute atomic E-state index is 0.0716. The summed E-state index contributed by atoms with van der Waals surface area (Å²) in [4.78, 5) is 37.7. The second kappa shape index (κ2) is 11.0. The highest BCUT2D eigenvalue weighted by molar-refractivity contribution is 5.96. The highest BCUT2D eigenvalue weighted by Crippen LogP contribution is 2.27. The van der Waals surface area contributed by atoms with Crippen LogP contribution < -0.4 is 10.6 Å². The van der Waals surface area contributed by atoms with Crippen LogP contribution in [0.25, 0.3) is 5.69 Å². The minimum atomic E-state index is -0.508. The third kappa shape index (κ3) is 6.47. The highest BCUT2D eigenvalue weighted by Gasteiger charge is 2.23. The van der Waals surface area contributed by atoms with Crippen LogP contribution in [-0.2, 0) is 10.2 Å². The summed E-state index contributed by atoms with van der Waals surface area (Å²) >= 11 is 0. The number of rotatable bonds is 8. The fourth-order valence-electron chi connectivity index (χ4n) is 3.57. The smallest absolute Gasteiger partial charge is 0.315 e. The first kappa shape index (κ1) is 26.4. The third-order valence-electron chi connectivity index (χ3n) is 5.53. The van der Waals surface area contributed by atoms with E-state index in [-0.39, 0.29) is 23.6 Å². The minimum Gasteiger partial charge on any atom is -0.315 e. The molecule has 2 N–H and O–H groups in total. The molecule has 0 spiro atoms. The Morgan fingerprint density at radius 1 is 1.08 bits per heavy atom. The maximum absolute atomic E-state index is 13.1. The summed E-state index contributed by atoms with van der Waals surface area (Å²) in [7, 11) is 0. The number of benzene rings is 2. The average molecular weight is 493 g/mol. The van der Waals surface area contributed by atoms with Crippen molar-refractivity contribution in [1.29, 1.82) is 0 Å². The molecule has 1 heterocycles. The van der Waals surface area contributed by atoms with Gasteiger partial charge in [0.15, 0.2) is 0 Å². The summed E-state index contributed by atoms with van der Waals surface area (Å²) in [5, 5.41) is 21.2. The van der Waals surface area contributed by atoms with Gasteiger partial charge in [0.1, 0.15) is 12.4 Å². The Morgan fingerprint density at radius 3 is 2.33 bits per heavy atom. The van der Waals surface area contributed by atoms with E-state index in [4.69, 9.17) is 5.10 Å². The van der Waals surface area contributed by atoms with Gasteiger partial charge < -0.3 is 15.5 Å². The third-order valence-corrected chi connectivity index (χ3v) is 5.53. The maximum Gasteiger partial charge on any atom is 0.322 e. The number of hydrogen-bond donors (Lipinski definition) is 2. The first-order chi connectivity index (χ1) is 17.0. The van der Waals surface area contributed by atoms with Crippen molar-refractivity contribution >= 4 is 29.1 Å². The van der Waals surface area contributed by atoms with Gasteiger partial charge in [-0.1, -0.05) is 45.9 Å². The van der Waals surface area contributed by atoms with Crippen LogP contribution in [-0.4, -0.2) is 44.6 Å². The van der Waals surface area contributed by atoms with E-state index in [0.29, 0.717) is 24.5 Å². The Balaban J connectivity index is 1.78. The second-order valence-corrected chi connectivity index (χ2v) is 9.57. The zero-order chi connectivity index (χ0) is 26.5. The number of urea groups is 1. The number of aromatic nitrogens is 2. The van der Waals surface area contributed by atoms with Gasteiger partial charge in [0.25, 0.3) is 5.69 Å². The van der Waals surface area contributed by atoms with Gasteiger partial charge in [-0.15, -0.1) is 0 Å². The van der Waals surface area contributed by atoms with E-state index in [1.807, 2.05) is 44.2 Å². The van der Waals surface area contributed by atoms with Crippen LogP contribution in [0.3, 0.4) is 0 Å². The van der Waals surface area contributed by atoms with Gasteiger partial charge in [-0.25, -0.2) is 9.48 Å². The van der Waals surface area contributed by atoms with Crippen LogP contribution in [0.5, 0.6) is 0 Å². The predicted octanol–water partition coefficient (Wildman–Crippen LogP) is 5.27. The predicted molar refractivity (Wildman–Crippen MR) is 140 cm³/mol. The quantitative estimate of drug-likeness (QED) is 0.328. The normalized spacial score (nSPS) is 11.1. The Hall–Kier alpha value is -4.21. The molecule has 0 unspecified atom stereocenters. The van der Waals surface area contributed by atoms with Gasteiger partial charge >= 0.3 is 6.03 Å². The zero-order valence-corrected chi connectivity index (χ0v) is 21.2. The van der Waals surface area contributed by atoms with Gasteiger partial charge in [-0.2, -0.15) is 5.10 Å². The van der Waals surface area contributed by atoms with Crippen LogP contribution in [0, 0.1) is 17.0 Å². The van der Waals surface area contributed by atoms with Gasteiger partial charge in [-0.3, -0.25) is 14.9 Å². The topological polar surface area (TPSA) is 122 Å². The fourth-order valence-corrected chi connectivity index (χ4v) is 3.57. The number of non-ortho nitro benzene ring substituents is 1. The molecule has 0 fully saturated rings. The molecular weight excluding hydrogens is 460 g/mol. The van der Waals surface area contributed by atoms with Crippen molar-refractivity contribution in [3.05, 3.63) is 76.0 Å². The van der Waals surface area contributed by atoms with Crippen molar-refractivity contribution in [3.63, 3.8) is 0 Å². The molecule has 3 rings (SSSR count). The molecule has 0 radical (unpaired) electrons. The van der Waals surface area contributed by atoms with E-state index in [1.165, 1.54) is 29.2 Å². The van der Waals surface area contributed by atoms with E-state index >= 15 is 0 Å². The second-order valence-electron chi connectivity index (χ2n) is 9.57. The molecule has 0 aliphatic rings. The van der Waals surface area contributed by atoms with Gasteiger partial charge in [-0.05, 0) is 37.1 Å². The summed E-state index contributed by atoms with van der Waals surface area (Å²) < 4.78 is 1.72. The van der Waals surface area contributed by atoms with Gasteiger partial charge in [0.05, 0.1) is 16.3 Å². The molecule has 0 aliphatic heterocycles. The number of anilines is 2. The van der Waals surface area contributed by atoms with Crippen LogP contribution in [0.15, 0.2) is 54.6 Å². The van der Waals surface area contributed by atoms with Crippen molar-refractivity contribution in [3.8, 4) is 5.69 Å². The number of nitrogens with zero attached hydrogens (tertiary/aromatic N) is 4. The largest absolute Gasteiger partial charge is 0.322 e. The van der Waals surface area contributed by atoms with Crippen LogP contribution in [0.2, 0.25) is 0 Å². The lowest BCUT2D eigenvalue weighted by Crippen LogP contribution is -2.41. The number of amides is 3. The Bertz CT molecular complexity index is 1240. The highest BCUT2D eigenvalue weighted by atomic mass is 16.6. The molecule has 10 heteroatoms. The number of para-hydroxylation sites is 1. The van der Waals surface area contributed by atoms with Crippen molar-refractivity contribution in [2.45, 2.75) is 46.5 Å². The molecule has 0 saturated heterocycles. The molecule has 1 aromatic heterocycles. The van der Waals surface area contributed by atoms with Crippen LogP contribution in [0.4, 0.5) is 22.0 Å². The molecule has 0 atom stereocenters. The van der Waals surface area contributed by atoms with Gasteiger partial charge in [0, 0.05) is 35.8 Å². The van der Waals surface area contributed by atoms with Crippen molar-refractivity contribution in [2.24, 2.45) is 0 Å². The average Bonchev–Trinajstić information content (AvgIpc) is 3.23. The maximum atomic E-state index is 13.1. The standard InChI is InChI=1S/C26H32N6O4/c1-6-15-30(25(34)27-19-11-13-20(14-12-19)32(35)36)17-24(33)28-23-16-22(26(3,4)5)29-31(23)21-10-8-7-9-18(21)2/h7-14,16H,6,15,17H2,1-5H3,(H,27,34)(H,28,33). The lowest BCUT2D eigenvalue weighted by molar-refractivity contribution is -0.384. The lowest BCUT2D eigenvalue weighted by Gasteiger charge is -2.22. The van der Waals surface area contributed by atoms with Gasteiger partial charge in [0.2, 0.25) is 5.91 Å². The number of nitro benzene ring substituents is 1. The Kier molecular flexibility index (Phi) is 8.08. The number of carbonyl (C=O) groups excluding carboxylic acids is 2. The SMILES string of the molecule is CCCN(CC(=O)Nc1cc(C(C)(C)C)nn1-c1ccccc1C)C(=O)Nc1ccc([N+](=O)[O-])cc1. The van der Waals surface area contributed by atoms with Crippen LogP contribution >= 0.6 is 0 Å². The zero-order valence-electron chi connectivity index (χ0n) is 21.2. The summed E-state index contributed by atoms with van der Waals surface area (Å²) in [6.45, 7) is 10.2. The van der Waals surface area contributed by atoms with E-state index in [0.717, 1.165) is 16.9 Å². The molecule has 36 heavy (non-hydrogen) atoms. The number of nitro groups is 1. The molecule has 10 nitrogen and oxygen atoms in total.